The first kappa shape index (κ1) is 22.6. The minimum absolute atomic E-state index is 0. The van der Waals surface area contributed by atoms with Crippen molar-refractivity contribution >= 4 is 41.3 Å². The van der Waals surface area contributed by atoms with Crippen molar-refractivity contribution in [1.82, 2.24) is 10.6 Å². The molecule has 4 nitrogen and oxygen atoms in total. The Kier molecular flexibility index (Phi) is 10.5. The summed E-state index contributed by atoms with van der Waals surface area (Å²) < 4.78 is 29.4. The quantitative estimate of drug-likeness (QED) is 0.322. The molecule has 1 heterocycles. The molecule has 1 atom stereocenters. The number of ether oxygens (including phenoxy) is 1. The first-order valence-corrected chi connectivity index (χ1v) is 8.96. The number of benzene rings is 1. The number of guanidine groups is 1. The van der Waals surface area contributed by atoms with E-state index in [1.165, 1.54) is 10.9 Å². The molecule has 26 heavy (non-hydrogen) atoms. The second kappa shape index (κ2) is 12.1. The summed E-state index contributed by atoms with van der Waals surface area (Å²) in [5.74, 6) is 1.25. The zero-order valence-corrected chi connectivity index (χ0v) is 17.9. The fourth-order valence-corrected chi connectivity index (χ4v) is 3.25. The SMILES string of the molecule is CN=C(NCc1ccccc1OC(F)F)NCC(C)Cc1cccs1.I. The van der Waals surface area contributed by atoms with Gasteiger partial charge in [-0.15, -0.1) is 35.3 Å². The van der Waals surface area contributed by atoms with Crippen molar-refractivity contribution in [3.8, 4) is 5.75 Å². The highest BCUT2D eigenvalue weighted by Crippen LogP contribution is 2.20. The summed E-state index contributed by atoms with van der Waals surface area (Å²) in [6.45, 7) is 0.456. The molecule has 0 aliphatic rings. The van der Waals surface area contributed by atoms with Crippen LogP contribution >= 0.6 is 35.3 Å². The lowest BCUT2D eigenvalue weighted by molar-refractivity contribution is -0.0504. The lowest BCUT2D eigenvalue weighted by Crippen LogP contribution is -2.39. The maximum atomic E-state index is 12.5. The maximum absolute atomic E-state index is 12.5. The van der Waals surface area contributed by atoms with Crippen molar-refractivity contribution in [3.63, 3.8) is 0 Å². The summed E-state index contributed by atoms with van der Waals surface area (Å²) in [7, 11) is 1.68. The zero-order chi connectivity index (χ0) is 18.1. The van der Waals surface area contributed by atoms with Crippen LogP contribution in [0.3, 0.4) is 0 Å². The second-order valence-corrected chi connectivity index (χ2v) is 6.71. The van der Waals surface area contributed by atoms with Crippen molar-refractivity contribution in [2.75, 3.05) is 13.6 Å². The average molecular weight is 495 g/mol. The summed E-state index contributed by atoms with van der Waals surface area (Å²) in [4.78, 5) is 5.53. The number of hydrogen-bond donors (Lipinski definition) is 2. The van der Waals surface area contributed by atoms with Crippen LogP contribution in [0.4, 0.5) is 8.78 Å². The minimum atomic E-state index is -2.84. The van der Waals surface area contributed by atoms with E-state index in [2.05, 4.69) is 44.8 Å². The van der Waals surface area contributed by atoms with Crippen LogP contribution in [0.25, 0.3) is 0 Å². The highest BCUT2D eigenvalue weighted by atomic mass is 127. The van der Waals surface area contributed by atoms with Crippen LogP contribution in [0, 0.1) is 5.92 Å². The number of nitrogens with zero attached hydrogens (tertiary/aromatic N) is 1. The predicted molar refractivity (Wildman–Crippen MR) is 114 cm³/mol. The standard InChI is InChI=1S/C18H23F2N3OS.HI/c1-13(10-15-7-5-9-25-15)11-22-18(21-2)23-12-14-6-3-4-8-16(14)24-17(19)20;/h3-9,13,17H,10-12H2,1-2H3,(H2,21,22,23);1H. The van der Waals surface area contributed by atoms with E-state index in [4.69, 9.17) is 0 Å². The van der Waals surface area contributed by atoms with E-state index < -0.39 is 6.61 Å². The third-order valence-electron chi connectivity index (χ3n) is 3.61. The zero-order valence-electron chi connectivity index (χ0n) is 14.7. The molecule has 8 heteroatoms. The highest BCUT2D eigenvalue weighted by molar-refractivity contribution is 14.0. The van der Waals surface area contributed by atoms with Gasteiger partial charge in [0.05, 0.1) is 0 Å². The Balaban J connectivity index is 0.00000338. The Labute approximate surface area is 174 Å². The van der Waals surface area contributed by atoms with Gasteiger partial charge in [-0.25, -0.2) is 0 Å². The molecule has 0 bridgehead atoms. The Morgan fingerprint density at radius 1 is 1.19 bits per heavy atom. The van der Waals surface area contributed by atoms with Crippen LogP contribution in [0.2, 0.25) is 0 Å². The minimum Gasteiger partial charge on any atom is -0.434 e. The first-order valence-electron chi connectivity index (χ1n) is 8.08. The van der Waals surface area contributed by atoms with E-state index in [0.29, 0.717) is 24.0 Å². The number of rotatable bonds is 8. The third kappa shape index (κ3) is 7.86. The van der Waals surface area contributed by atoms with Crippen LogP contribution in [-0.4, -0.2) is 26.2 Å². The molecule has 0 saturated carbocycles. The largest absolute Gasteiger partial charge is 0.434 e. The number of alkyl halides is 2. The molecule has 0 saturated heterocycles. The van der Waals surface area contributed by atoms with Gasteiger partial charge in [0.2, 0.25) is 0 Å². The third-order valence-corrected chi connectivity index (χ3v) is 4.50. The van der Waals surface area contributed by atoms with Crippen LogP contribution in [0.1, 0.15) is 17.4 Å². The number of hydrogen-bond acceptors (Lipinski definition) is 3. The Bertz CT molecular complexity index is 668. The first-order chi connectivity index (χ1) is 12.1. The normalized spacial score (nSPS) is 12.4. The number of aliphatic imine (C=N–C) groups is 1. The molecule has 0 fully saturated rings. The molecule has 0 aliphatic carbocycles. The number of halogens is 3. The van der Waals surface area contributed by atoms with Gasteiger partial charge < -0.3 is 15.4 Å². The molecule has 2 rings (SSSR count). The highest BCUT2D eigenvalue weighted by Gasteiger charge is 2.10. The Morgan fingerprint density at radius 2 is 1.96 bits per heavy atom. The molecule has 1 aromatic carbocycles. The van der Waals surface area contributed by atoms with Gasteiger partial charge in [0, 0.05) is 30.6 Å². The van der Waals surface area contributed by atoms with E-state index >= 15 is 0 Å². The van der Waals surface area contributed by atoms with Crippen molar-refractivity contribution in [1.29, 1.82) is 0 Å². The molecule has 0 amide bonds. The van der Waals surface area contributed by atoms with Crippen molar-refractivity contribution in [2.24, 2.45) is 10.9 Å². The number of para-hydroxylation sites is 1. The van der Waals surface area contributed by atoms with Crippen LogP contribution in [0.15, 0.2) is 46.8 Å². The van der Waals surface area contributed by atoms with Gasteiger partial charge in [0.25, 0.3) is 0 Å². The fourth-order valence-electron chi connectivity index (χ4n) is 2.38. The van der Waals surface area contributed by atoms with E-state index in [0.717, 1.165) is 13.0 Å². The molecule has 0 spiro atoms. The molecule has 0 radical (unpaired) electrons. The summed E-state index contributed by atoms with van der Waals surface area (Å²) in [6.07, 6.45) is 1.01. The molecule has 144 valence electrons. The summed E-state index contributed by atoms with van der Waals surface area (Å²) >= 11 is 1.76. The van der Waals surface area contributed by atoms with Crippen molar-refractivity contribution < 1.29 is 13.5 Å². The van der Waals surface area contributed by atoms with Gasteiger partial charge in [-0.05, 0) is 29.9 Å². The number of nitrogens with one attached hydrogen (secondary N) is 2. The lowest BCUT2D eigenvalue weighted by Gasteiger charge is -2.16. The van der Waals surface area contributed by atoms with Crippen LogP contribution in [0.5, 0.6) is 5.75 Å². The summed E-state index contributed by atoms with van der Waals surface area (Å²) in [6, 6.07) is 10.9. The van der Waals surface area contributed by atoms with Gasteiger partial charge in [-0.1, -0.05) is 31.2 Å². The van der Waals surface area contributed by atoms with E-state index in [1.54, 1.807) is 36.6 Å². The molecule has 1 aromatic heterocycles. The van der Waals surface area contributed by atoms with E-state index in [9.17, 15) is 8.78 Å². The lowest BCUT2D eigenvalue weighted by atomic mass is 10.1. The molecule has 0 aliphatic heterocycles. The van der Waals surface area contributed by atoms with Crippen molar-refractivity contribution in [2.45, 2.75) is 26.5 Å². The van der Waals surface area contributed by atoms with Crippen molar-refractivity contribution in [3.05, 3.63) is 52.2 Å². The monoisotopic (exact) mass is 495 g/mol. The van der Waals surface area contributed by atoms with Gasteiger partial charge in [-0.2, -0.15) is 8.78 Å². The fraction of sp³-hybridized carbons (Fsp3) is 0.389. The molecular formula is C18H24F2IN3OS. The smallest absolute Gasteiger partial charge is 0.387 e. The molecule has 2 N–H and O–H groups in total. The van der Waals surface area contributed by atoms with E-state index in [-0.39, 0.29) is 29.7 Å². The maximum Gasteiger partial charge on any atom is 0.387 e. The predicted octanol–water partition coefficient (Wildman–Crippen LogP) is 4.51. The Hall–Kier alpha value is -1.42. The Morgan fingerprint density at radius 3 is 2.62 bits per heavy atom. The van der Waals surface area contributed by atoms with Crippen LogP contribution in [-0.2, 0) is 13.0 Å². The van der Waals surface area contributed by atoms with Gasteiger partial charge in [0.15, 0.2) is 5.96 Å². The second-order valence-electron chi connectivity index (χ2n) is 5.68. The summed E-state index contributed by atoms with van der Waals surface area (Å²) in [5, 5.41) is 8.48. The average Bonchev–Trinajstić information content (AvgIpc) is 3.08. The summed E-state index contributed by atoms with van der Waals surface area (Å²) in [5.41, 5.74) is 0.650. The topological polar surface area (TPSA) is 45.7 Å². The number of thiophene rings is 1. The van der Waals surface area contributed by atoms with Gasteiger partial charge in [-0.3, -0.25) is 4.99 Å². The molecule has 1 unspecified atom stereocenters. The van der Waals surface area contributed by atoms with Gasteiger partial charge >= 0.3 is 6.61 Å². The van der Waals surface area contributed by atoms with Gasteiger partial charge in [0.1, 0.15) is 5.75 Å². The molecular weight excluding hydrogens is 471 g/mol. The molecule has 2 aromatic rings. The van der Waals surface area contributed by atoms with E-state index in [1.807, 2.05) is 0 Å². The van der Waals surface area contributed by atoms with Crippen LogP contribution < -0.4 is 15.4 Å².